The maximum Gasteiger partial charge on any atom is 0.408 e. The van der Waals surface area contributed by atoms with Crippen molar-refractivity contribution in [2.75, 3.05) is 13.2 Å². The number of nitrogens with one attached hydrogen (secondary N) is 1. The number of amides is 1. The summed E-state index contributed by atoms with van der Waals surface area (Å²) >= 11 is 0. The van der Waals surface area contributed by atoms with Crippen LogP contribution in [0.2, 0.25) is 0 Å². The predicted molar refractivity (Wildman–Crippen MR) is 114 cm³/mol. The second-order valence-corrected chi connectivity index (χ2v) is 8.92. The summed E-state index contributed by atoms with van der Waals surface area (Å²) in [6.45, 7) is 8.15. The predicted octanol–water partition coefficient (Wildman–Crippen LogP) is 6.00. The van der Waals surface area contributed by atoms with Gasteiger partial charge in [0.2, 0.25) is 0 Å². The summed E-state index contributed by atoms with van der Waals surface area (Å²) in [6, 6.07) is 16.9. The van der Waals surface area contributed by atoms with Gasteiger partial charge < -0.3 is 19.1 Å². The molecule has 0 saturated heterocycles. The molecule has 0 bridgehead atoms. The first-order chi connectivity index (χ1) is 13.9. The molecule has 0 spiro atoms. The maximum absolute atomic E-state index is 13.4. The van der Waals surface area contributed by atoms with Crippen LogP contribution in [0.4, 0.5) is 4.79 Å². The Kier molecular flexibility index (Phi) is 8.90. The third-order valence-electron chi connectivity index (χ3n) is 4.32. The van der Waals surface area contributed by atoms with Crippen molar-refractivity contribution in [2.45, 2.75) is 46.0 Å². The zero-order valence-corrected chi connectivity index (χ0v) is 18.4. The lowest BCUT2D eigenvalue weighted by Crippen LogP contribution is -2.30. The second-order valence-electron chi connectivity index (χ2n) is 6.81. The molecule has 0 aromatic heterocycles. The normalized spacial score (nSPS) is 12.6. The van der Waals surface area contributed by atoms with Crippen LogP contribution in [-0.4, -0.2) is 19.3 Å². The molecule has 1 atom stereocenters. The van der Waals surface area contributed by atoms with Crippen molar-refractivity contribution in [3.05, 3.63) is 71.3 Å². The molecule has 6 nitrogen and oxygen atoms in total. The lowest BCUT2D eigenvalue weighted by atomic mass is 10.0. The van der Waals surface area contributed by atoms with Crippen LogP contribution in [0.3, 0.4) is 0 Å². The zero-order valence-electron chi connectivity index (χ0n) is 17.5. The molecule has 2 rings (SSSR count). The molecule has 1 unspecified atom stereocenters. The highest BCUT2D eigenvalue weighted by Gasteiger charge is 2.38. The fourth-order valence-corrected chi connectivity index (χ4v) is 4.72. The van der Waals surface area contributed by atoms with Gasteiger partial charge in [-0.25, -0.2) is 4.79 Å². The molecule has 0 aliphatic carbocycles. The number of benzene rings is 2. The minimum absolute atomic E-state index is 0.110. The maximum atomic E-state index is 13.4. The van der Waals surface area contributed by atoms with E-state index in [2.05, 4.69) is 19.2 Å². The fraction of sp³-hybridized carbons (Fsp3) is 0.409. The first-order valence-electron chi connectivity index (χ1n) is 9.85. The molecule has 7 heteroatoms. The van der Waals surface area contributed by atoms with Crippen LogP contribution in [0.25, 0.3) is 0 Å². The van der Waals surface area contributed by atoms with Gasteiger partial charge in [-0.15, -0.1) is 0 Å². The summed E-state index contributed by atoms with van der Waals surface area (Å²) in [4.78, 5) is 12.5. The van der Waals surface area contributed by atoms with Crippen LogP contribution in [-0.2, 0) is 25.0 Å². The van der Waals surface area contributed by atoms with Gasteiger partial charge in [0.05, 0.1) is 13.2 Å². The smallest absolute Gasteiger partial charge is 0.408 e. The monoisotopic (exact) mass is 419 g/mol. The Hall–Kier alpha value is -2.14. The third-order valence-corrected chi connectivity index (χ3v) is 6.62. The van der Waals surface area contributed by atoms with Crippen molar-refractivity contribution >= 4 is 13.7 Å². The molecule has 0 fully saturated rings. The van der Waals surface area contributed by atoms with Crippen molar-refractivity contribution in [1.29, 1.82) is 0 Å². The van der Waals surface area contributed by atoms with Gasteiger partial charge in [-0.1, -0.05) is 68.4 Å². The molecule has 2 aromatic carbocycles. The Bertz CT molecular complexity index is 798. The van der Waals surface area contributed by atoms with E-state index >= 15 is 0 Å². The summed E-state index contributed by atoms with van der Waals surface area (Å²) in [6.07, 6.45) is -0.688. The van der Waals surface area contributed by atoms with Gasteiger partial charge in [0.15, 0.2) is 5.78 Å². The third kappa shape index (κ3) is 6.70. The number of ether oxygens (including phenoxy) is 1. The van der Waals surface area contributed by atoms with Gasteiger partial charge in [0.1, 0.15) is 6.61 Å². The molecule has 0 radical (unpaired) electrons. The summed E-state index contributed by atoms with van der Waals surface area (Å²) in [5.74, 6) is -0.608. The van der Waals surface area contributed by atoms with Gasteiger partial charge in [0, 0.05) is 0 Å². The minimum Gasteiger partial charge on any atom is -0.445 e. The highest BCUT2D eigenvalue weighted by Crippen LogP contribution is 2.59. The van der Waals surface area contributed by atoms with Crippen LogP contribution in [0.15, 0.2) is 54.6 Å². The van der Waals surface area contributed by atoms with Crippen LogP contribution < -0.4 is 5.32 Å². The van der Waals surface area contributed by atoms with E-state index in [0.29, 0.717) is 11.5 Å². The van der Waals surface area contributed by atoms with Gasteiger partial charge in [-0.3, -0.25) is 4.57 Å². The van der Waals surface area contributed by atoms with Crippen LogP contribution in [0.1, 0.15) is 56.1 Å². The summed E-state index contributed by atoms with van der Waals surface area (Å²) < 4.78 is 29.7. The molecule has 1 amide bonds. The average Bonchev–Trinajstić information content (AvgIpc) is 2.71. The molecule has 158 valence electrons. The van der Waals surface area contributed by atoms with E-state index in [4.69, 9.17) is 13.8 Å². The second kappa shape index (κ2) is 11.1. The quantitative estimate of drug-likeness (QED) is 0.478. The number of carbonyl (C=O) groups is 1. The molecule has 0 saturated carbocycles. The molecule has 0 aliphatic rings. The van der Waals surface area contributed by atoms with E-state index in [1.54, 1.807) is 13.8 Å². The average molecular weight is 419 g/mol. The first kappa shape index (κ1) is 23.1. The van der Waals surface area contributed by atoms with Crippen molar-refractivity contribution in [2.24, 2.45) is 0 Å². The van der Waals surface area contributed by atoms with Crippen LogP contribution >= 0.6 is 7.60 Å². The number of hydrogen-bond acceptors (Lipinski definition) is 5. The van der Waals surface area contributed by atoms with Gasteiger partial charge in [-0.05, 0) is 36.5 Å². The molecule has 29 heavy (non-hydrogen) atoms. The summed E-state index contributed by atoms with van der Waals surface area (Å²) in [7, 11) is -3.65. The highest BCUT2D eigenvalue weighted by molar-refractivity contribution is 7.54. The Balaban J connectivity index is 2.23. The number of hydrogen-bond donors (Lipinski definition) is 1. The zero-order chi connectivity index (χ0) is 21.3. The van der Waals surface area contributed by atoms with Crippen LogP contribution in [0.5, 0.6) is 0 Å². The summed E-state index contributed by atoms with van der Waals surface area (Å²) in [5, 5.41) is 2.69. The first-order valence-corrected chi connectivity index (χ1v) is 11.5. The highest BCUT2D eigenvalue weighted by atomic mass is 31.2. The standard InChI is InChI=1S/C22H30NO5P/c1-5-27-29(25,28-6-2)21(20-14-12-19(13-15-20)17(3)4)23-22(24)26-16-18-10-8-7-9-11-18/h7-15,17,21H,5-6,16H2,1-4H3,(H,23,24). The number of alkyl carbamates (subject to hydrolysis) is 1. The molecule has 0 heterocycles. The Morgan fingerprint density at radius 1 is 0.931 bits per heavy atom. The molecule has 1 N–H and O–H groups in total. The summed E-state index contributed by atoms with van der Waals surface area (Å²) in [5.41, 5.74) is 2.64. The van der Waals surface area contributed by atoms with E-state index < -0.39 is 19.5 Å². The molecule has 0 aliphatic heterocycles. The lowest BCUT2D eigenvalue weighted by molar-refractivity contribution is 0.134. The topological polar surface area (TPSA) is 73.9 Å². The van der Waals surface area contributed by atoms with Crippen molar-refractivity contribution < 1.29 is 23.1 Å². The number of rotatable bonds is 10. The van der Waals surface area contributed by atoms with E-state index in [1.807, 2.05) is 54.6 Å². The SMILES string of the molecule is CCOP(=O)(OCC)C(NC(=O)OCc1ccccc1)c1ccc(C(C)C)cc1. The minimum atomic E-state index is -3.65. The van der Waals surface area contributed by atoms with E-state index in [9.17, 15) is 9.36 Å². The van der Waals surface area contributed by atoms with Crippen LogP contribution in [0, 0.1) is 0 Å². The van der Waals surface area contributed by atoms with E-state index in [0.717, 1.165) is 11.1 Å². The largest absolute Gasteiger partial charge is 0.445 e. The van der Waals surface area contributed by atoms with Crippen molar-refractivity contribution in [3.8, 4) is 0 Å². The molecular formula is C22H30NO5P. The van der Waals surface area contributed by atoms with E-state index in [-0.39, 0.29) is 19.8 Å². The Morgan fingerprint density at radius 3 is 2.00 bits per heavy atom. The Labute approximate surface area is 173 Å². The van der Waals surface area contributed by atoms with Crippen molar-refractivity contribution in [3.63, 3.8) is 0 Å². The van der Waals surface area contributed by atoms with Crippen molar-refractivity contribution in [1.82, 2.24) is 5.32 Å². The van der Waals surface area contributed by atoms with E-state index in [1.165, 1.54) is 0 Å². The molecule has 2 aromatic rings. The Morgan fingerprint density at radius 2 is 1.48 bits per heavy atom. The van der Waals surface area contributed by atoms with Gasteiger partial charge in [-0.2, -0.15) is 0 Å². The van der Waals surface area contributed by atoms with Gasteiger partial charge >= 0.3 is 13.7 Å². The lowest BCUT2D eigenvalue weighted by Gasteiger charge is -2.27. The fourth-order valence-electron chi connectivity index (χ4n) is 2.83. The van der Waals surface area contributed by atoms with Gasteiger partial charge in [0.25, 0.3) is 0 Å². The number of carbonyl (C=O) groups excluding carboxylic acids is 1. The molecular weight excluding hydrogens is 389 g/mol.